The summed E-state index contributed by atoms with van der Waals surface area (Å²) in [6.07, 6.45) is 5.79. The minimum atomic E-state index is -0.424. The molecule has 2 atom stereocenters. The van der Waals surface area contributed by atoms with Crippen molar-refractivity contribution < 1.29 is 9.18 Å². The predicted molar refractivity (Wildman–Crippen MR) is 94.1 cm³/mol. The summed E-state index contributed by atoms with van der Waals surface area (Å²) >= 11 is 0. The van der Waals surface area contributed by atoms with Gasteiger partial charge in [0.05, 0.1) is 17.5 Å². The smallest absolute Gasteiger partial charge is 0.229 e. The molecule has 2 heterocycles. The Morgan fingerprint density at radius 1 is 1.38 bits per heavy atom. The van der Waals surface area contributed by atoms with Gasteiger partial charge in [-0.25, -0.2) is 4.39 Å². The average Bonchev–Trinajstić information content (AvgIpc) is 2.81. The van der Waals surface area contributed by atoms with Crippen molar-refractivity contribution in [1.29, 1.82) is 0 Å². The molecule has 2 aliphatic heterocycles. The second-order valence-corrected chi connectivity index (χ2v) is 6.97. The van der Waals surface area contributed by atoms with E-state index < -0.39 is 5.41 Å². The zero-order valence-electron chi connectivity index (χ0n) is 14.2. The Morgan fingerprint density at radius 3 is 2.71 bits per heavy atom. The molecule has 1 N–H and O–H groups in total. The van der Waals surface area contributed by atoms with Gasteiger partial charge in [0.1, 0.15) is 5.82 Å². The number of hydrogen-bond donors (Lipinski definition) is 1. The van der Waals surface area contributed by atoms with Crippen LogP contribution in [0.4, 0.5) is 4.39 Å². The second kappa shape index (κ2) is 6.52. The number of carbonyl (C=O) groups is 1. The van der Waals surface area contributed by atoms with Crippen LogP contribution in [-0.2, 0) is 4.79 Å². The molecule has 1 aromatic carbocycles. The standard InChI is InChI=1S/C20H25FN2O/c1-4-8-20(9-5-2)13-17-18(22-10-11-23(17)19(20)24)16-7-6-15(21)12-14(16)3/h4-7,12,17-18,22H,1-2,8-11,13H2,3H3/t17?,18-/m0/s1. The molecule has 24 heavy (non-hydrogen) atoms. The molecule has 0 bridgehead atoms. The van der Waals surface area contributed by atoms with E-state index in [4.69, 9.17) is 0 Å². The van der Waals surface area contributed by atoms with Crippen LogP contribution in [0.3, 0.4) is 0 Å². The van der Waals surface area contributed by atoms with E-state index in [2.05, 4.69) is 18.5 Å². The number of rotatable bonds is 5. The lowest BCUT2D eigenvalue weighted by atomic mass is 9.77. The van der Waals surface area contributed by atoms with E-state index >= 15 is 0 Å². The van der Waals surface area contributed by atoms with Gasteiger partial charge in [0, 0.05) is 13.1 Å². The molecule has 1 amide bonds. The number of nitrogens with zero attached hydrogens (tertiary/aromatic N) is 1. The summed E-state index contributed by atoms with van der Waals surface area (Å²) in [4.78, 5) is 15.1. The van der Waals surface area contributed by atoms with Crippen molar-refractivity contribution >= 4 is 5.91 Å². The molecular weight excluding hydrogens is 303 g/mol. The Labute approximate surface area is 143 Å². The van der Waals surface area contributed by atoms with Crippen LogP contribution >= 0.6 is 0 Å². The first-order chi connectivity index (χ1) is 11.5. The van der Waals surface area contributed by atoms with Gasteiger partial charge in [-0.05, 0) is 49.4 Å². The van der Waals surface area contributed by atoms with Gasteiger partial charge in [0.2, 0.25) is 5.91 Å². The van der Waals surface area contributed by atoms with Crippen LogP contribution in [-0.4, -0.2) is 29.9 Å². The van der Waals surface area contributed by atoms with E-state index in [0.29, 0.717) is 12.8 Å². The number of hydrogen-bond acceptors (Lipinski definition) is 2. The number of carbonyl (C=O) groups excluding carboxylic acids is 1. The SMILES string of the molecule is C=CCC1(CC=C)CC2[C@H](c3ccc(F)cc3C)NCCN2C1=O. The third-order valence-corrected chi connectivity index (χ3v) is 5.45. The number of amides is 1. The largest absolute Gasteiger partial charge is 0.336 e. The van der Waals surface area contributed by atoms with E-state index in [0.717, 1.165) is 30.6 Å². The first-order valence-corrected chi connectivity index (χ1v) is 8.55. The molecule has 128 valence electrons. The number of aryl methyl sites for hydroxylation is 1. The second-order valence-electron chi connectivity index (χ2n) is 6.97. The predicted octanol–water partition coefficient (Wildman–Crippen LogP) is 3.52. The van der Waals surface area contributed by atoms with E-state index in [1.165, 1.54) is 6.07 Å². The topological polar surface area (TPSA) is 32.3 Å². The normalized spacial score (nSPS) is 25.4. The average molecular weight is 328 g/mol. The number of benzene rings is 1. The van der Waals surface area contributed by atoms with Gasteiger partial charge >= 0.3 is 0 Å². The minimum Gasteiger partial charge on any atom is -0.336 e. The van der Waals surface area contributed by atoms with Crippen molar-refractivity contribution in [1.82, 2.24) is 10.2 Å². The van der Waals surface area contributed by atoms with Crippen molar-refractivity contribution in [3.05, 3.63) is 60.5 Å². The van der Waals surface area contributed by atoms with Gasteiger partial charge in [-0.3, -0.25) is 4.79 Å². The van der Waals surface area contributed by atoms with Gasteiger partial charge < -0.3 is 10.2 Å². The van der Waals surface area contributed by atoms with Gasteiger partial charge in [-0.1, -0.05) is 18.2 Å². The molecule has 1 unspecified atom stereocenters. The van der Waals surface area contributed by atoms with Gasteiger partial charge in [-0.2, -0.15) is 0 Å². The van der Waals surface area contributed by atoms with Crippen LogP contribution in [0, 0.1) is 18.2 Å². The van der Waals surface area contributed by atoms with E-state index in [1.54, 1.807) is 6.07 Å². The zero-order chi connectivity index (χ0) is 17.3. The Bertz CT molecular complexity index is 660. The molecule has 3 rings (SSSR count). The van der Waals surface area contributed by atoms with E-state index in [9.17, 15) is 9.18 Å². The summed E-state index contributed by atoms with van der Waals surface area (Å²) in [7, 11) is 0. The molecule has 0 aliphatic carbocycles. The van der Waals surface area contributed by atoms with Crippen molar-refractivity contribution in [2.75, 3.05) is 13.1 Å². The number of halogens is 1. The monoisotopic (exact) mass is 328 g/mol. The molecule has 2 aliphatic rings. The van der Waals surface area contributed by atoms with Crippen molar-refractivity contribution in [2.24, 2.45) is 5.41 Å². The first-order valence-electron chi connectivity index (χ1n) is 8.55. The molecule has 0 saturated carbocycles. The number of piperazine rings is 1. The van der Waals surface area contributed by atoms with Crippen LogP contribution in [0.15, 0.2) is 43.5 Å². The molecule has 2 fully saturated rings. The van der Waals surface area contributed by atoms with E-state index in [1.807, 2.05) is 30.0 Å². The molecule has 2 saturated heterocycles. The maximum Gasteiger partial charge on any atom is 0.229 e. The fourth-order valence-corrected chi connectivity index (χ4v) is 4.38. The fourth-order valence-electron chi connectivity index (χ4n) is 4.38. The highest BCUT2D eigenvalue weighted by atomic mass is 19.1. The zero-order valence-corrected chi connectivity index (χ0v) is 14.2. The first kappa shape index (κ1) is 16.9. The summed E-state index contributed by atoms with van der Waals surface area (Å²) in [5.74, 6) is -0.0161. The lowest BCUT2D eigenvalue weighted by molar-refractivity contribution is -0.137. The van der Waals surface area contributed by atoms with Crippen LogP contribution in [0.5, 0.6) is 0 Å². The molecule has 0 radical (unpaired) electrons. The van der Waals surface area contributed by atoms with Gasteiger partial charge in [0.25, 0.3) is 0 Å². The molecule has 0 aromatic heterocycles. The Hall–Kier alpha value is -1.94. The number of fused-ring (bicyclic) bond motifs is 1. The van der Waals surface area contributed by atoms with Gasteiger partial charge in [0.15, 0.2) is 0 Å². The summed E-state index contributed by atoms with van der Waals surface area (Å²) < 4.78 is 13.5. The lowest BCUT2D eigenvalue weighted by Gasteiger charge is -2.38. The summed E-state index contributed by atoms with van der Waals surface area (Å²) in [6.45, 7) is 11.1. The molecule has 1 aromatic rings. The number of nitrogens with one attached hydrogen (secondary N) is 1. The Balaban J connectivity index is 1.96. The third-order valence-electron chi connectivity index (χ3n) is 5.45. The summed E-state index contributed by atoms with van der Waals surface area (Å²) in [5.41, 5.74) is 1.57. The Kier molecular flexibility index (Phi) is 4.59. The van der Waals surface area contributed by atoms with Crippen LogP contribution in [0.1, 0.15) is 36.4 Å². The third kappa shape index (κ3) is 2.69. The van der Waals surface area contributed by atoms with Crippen molar-refractivity contribution in [2.45, 2.75) is 38.3 Å². The lowest BCUT2D eigenvalue weighted by Crippen LogP contribution is -2.51. The maximum absolute atomic E-state index is 13.5. The van der Waals surface area contributed by atoms with Crippen LogP contribution in [0.2, 0.25) is 0 Å². The fraction of sp³-hybridized carbons (Fsp3) is 0.450. The van der Waals surface area contributed by atoms with Crippen LogP contribution in [0.25, 0.3) is 0 Å². The highest BCUT2D eigenvalue weighted by Gasteiger charge is 2.53. The quantitative estimate of drug-likeness (QED) is 0.839. The molecule has 4 heteroatoms. The summed E-state index contributed by atoms with van der Waals surface area (Å²) in [5, 5.41) is 3.54. The van der Waals surface area contributed by atoms with Crippen LogP contribution < -0.4 is 5.32 Å². The highest BCUT2D eigenvalue weighted by molar-refractivity contribution is 5.86. The maximum atomic E-state index is 13.5. The van der Waals surface area contributed by atoms with E-state index in [-0.39, 0.29) is 23.8 Å². The number of allylic oxidation sites excluding steroid dienone is 2. The summed E-state index contributed by atoms with van der Waals surface area (Å²) in [6, 6.07) is 5.04. The molecule has 0 spiro atoms. The molecular formula is C20H25FN2O. The Morgan fingerprint density at radius 2 is 2.08 bits per heavy atom. The van der Waals surface area contributed by atoms with Crippen molar-refractivity contribution in [3.63, 3.8) is 0 Å². The van der Waals surface area contributed by atoms with Crippen molar-refractivity contribution in [3.8, 4) is 0 Å². The highest BCUT2D eigenvalue weighted by Crippen LogP contribution is 2.47. The van der Waals surface area contributed by atoms with Gasteiger partial charge in [-0.15, -0.1) is 13.2 Å². The molecule has 3 nitrogen and oxygen atoms in total. The minimum absolute atomic E-state index is 0.0415.